The lowest BCUT2D eigenvalue weighted by Crippen LogP contribution is -2.48. The van der Waals surface area contributed by atoms with E-state index in [0.717, 1.165) is 19.3 Å². The lowest BCUT2D eigenvalue weighted by Gasteiger charge is -2.42. The molecule has 0 radical (unpaired) electrons. The van der Waals surface area contributed by atoms with E-state index in [1.165, 1.54) is 0 Å². The SMILES string of the molecule is CC[C@H]1O[C@@H](/C=C/CO)C/C=C\C[C@H]1O[Si](C)(C)C(C)(C)C. The molecule has 0 aromatic rings. The Kier molecular flexibility index (Phi) is 7.52. The fourth-order valence-electron chi connectivity index (χ4n) is 2.36. The summed E-state index contributed by atoms with van der Waals surface area (Å²) in [5, 5.41) is 9.16. The van der Waals surface area contributed by atoms with Crippen molar-refractivity contribution in [2.45, 2.75) is 83.4 Å². The van der Waals surface area contributed by atoms with Crippen LogP contribution < -0.4 is 0 Å². The molecule has 22 heavy (non-hydrogen) atoms. The van der Waals surface area contributed by atoms with Gasteiger partial charge in [0.25, 0.3) is 0 Å². The van der Waals surface area contributed by atoms with Gasteiger partial charge in [0.1, 0.15) is 0 Å². The third-order valence-corrected chi connectivity index (χ3v) is 9.28. The number of hydrogen-bond donors (Lipinski definition) is 1. The van der Waals surface area contributed by atoms with Gasteiger partial charge in [-0.2, -0.15) is 0 Å². The Morgan fingerprint density at radius 1 is 1.27 bits per heavy atom. The summed E-state index contributed by atoms with van der Waals surface area (Å²) >= 11 is 0. The second kappa shape index (κ2) is 8.43. The average Bonchev–Trinajstić information content (AvgIpc) is 2.40. The summed E-state index contributed by atoms with van der Waals surface area (Å²) in [6.45, 7) is 13.6. The maximum Gasteiger partial charge on any atom is 0.192 e. The molecule has 1 aliphatic rings. The lowest BCUT2D eigenvalue weighted by atomic mass is 10.0. The maximum absolute atomic E-state index is 8.96. The Morgan fingerprint density at radius 3 is 2.45 bits per heavy atom. The molecule has 0 amide bonds. The zero-order valence-corrected chi connectivity index (χ0v) is 16.1. The first-order chi connectivity index (χ1) is 10.2. The van der Waals surface area contributed by atoms with E-state index in [4.69, 9.17) is 14.3 Å². The first-order valence-corrected chi connectivity index (χ1v) is 11.4. The fourth-order valence-corrected chi connectivity index (χ4v) is 3.71. The van der Waals surface area contributed by atoms with Gasteiger partial charge in [0.05, 0.1) is 24.9 Å². The van der Waals surface area contributed by atoms with Gasteiger partial charge < -0.3 is 14.3 Å². The summed E-state index contributed by atoms with van der Waals surface area (Å²) in [5.41, 5.74) is 0. The maximum atomic E-state index is 8.96. The van der Waals surface area contributed by atoms with Crippen LogP contribution in [0.3, 0.4) is 0 Å². The summed E-state index contributed by atoms with van der Waals surface area (Å²) in [6, 6.07) is 0. The molecule has 1 rings (SSSR count). The van der Waals surface area contributed by atoms with Crippen molar-refractivity contribution in [1.29, 1.82) is 0 Å². The van der Waals surface area contributed by atoms with Gasteiger partial charge in [-0.1, -0.05) is 52.0 Å². The first kappa shape index (κ1) is 19.6. The summed E-state index contributed by atoms with van der Waals surface area (Å²) < 4.78 is 12.9. The molecule has 3 nitrogen and oxygen atoms in total. The standard InChI is InChI=1S/C18H34O3Si/c1-7-16-17(21-22(5,6)18(2,3)4)13-9-8-11-15(20-16)12-10-14-19/h8-10,12,15-17,19H,7,11,13-14H2,1-6H3/b9-8-,12-10+/t15-,16-,17-/m1/s1. The number of aliphatic hydroxyl groups is 1. The van der Waals surface area contributed by atoms with Gasteiger partial charge in [-0.3, -0.25) is 0 Å². The van der Waals surface area contributed by atoms with Gasteiger partial charge in [0, 0.05) is 0 Å². The molecule has 0 aromatic heterocycles. The van der Waals surface area contributed by atoms with Crippen LogP contribution in [0.5, 0.6) is 0 Å². The molecule has 4 heteroatoms. The largest absolute Gasteiger partial charge is 0.411 e. The number of rotatable bonds is 5. The van der Waals surface area contributed by atoms with Crippen molar-refractivity contribution in [2.75, 3.05) is 6.61 Å². The van der Waals surface area contributed by atoms with E-state index in [1.54, 1.807) is 6.08 Å². The predicted molar refractivity (Wildman–Crippen MR) is 95.6 cm³/mol. The van der Waals surface area contributed by atoms with E-state index in [2.05, 4.69) is 52.9 Å². The van der Waals surface area contributed by atoms with Gasteiger partial charge in [-0.05, 0) is 37.4 Å². The molecule has 0 bridgehead atoms. The summed E-state index contributed by atoms with van der Waals surface area (Å²) in [5.74, 6) is 0. The van der Waals surface area contributed by atoms with Crippen LogP contribution in [-0.2, 0) is 9.16 Å². The van der Waals surface area contributed by atoms with Gasteiger partial charge in [0.2, 0.25) is 0 Å². The van der Waals surface area contributed by atoms with Crippen LogP contribution >= 0.6 is 0 Å². The van der Waals surface area contributed by atoms with Crippen molar-refractivity contribution in [2.24, 2.45) is 0 Å². The van der Waals surface area contributed by atoms with Crippen LogP contribution in [0.15, 0.2) is 24.3 Å². The molecule has 1 aliphatic heterocycles. The highest BCUT2D eigenvalue weighted by Crippen LogP contribution is 2.38. The molecule has 0 aliphatic carbocycles. The molecule has 0 unspecified atom stereocenters. The average molecular weight is 327 g/mol. The predicted octanol–water partition coefficient (Wildman–Crippen LogP) is 4.44. The van der Waals surface area contributed by atoms with Crippen LogP contribution in [0.1, 0.15) is 47.0 Å². The van der Waals surface area contributed by atoms with Gasteiger partial charge in [-0.15, -0.1) is 0 Å². The molecule has 0 aromatic carbocycles. The molecule has 1 heterocycles. The van der Waals surface area contributed by atoms with E-state index in [9.17, 15) is 0 Å². The van der Waals surface area contributed by atoms with Crippen LogP contribution in [0.25, 0.3) is 0 Å². The number of aliphatic hydroxyl groups excluding tert-OH is 1. The van der Waals surface area contributed by atoms with Gasteiger partial charge >= 0.3 is 0 Å². The Morgan fingerprint density at radius 2 is 1.91 bits per heavy atom. The Hall–Kier alpha value is -0.423. The van der Waals surface area contributed by atoms with Crippen LogP contribution in [0.4, 0.5) is 0 Å². The van der Waals surface area contributed by atoms with Crippen molar-refractivity contribution in [3.63, 3.8) is 0 Å². The van der Waals surface area contributed by atoms with Crippen molar-refractivity contribution >= 4 is 8.32 Å². The van der Waals surface area contributed by atoms with Crippen molar-refractivity contribution in [3.8, 4) is 0 Å². The third kappa shape index (κ3) is 5.65. The smallest absolute Gasteiger partial charge is 0.192 e. The molecular weight excluding hydrogens is 292 g/mol. The van der Waals surface area contributed by atoms with E-state index >= 15 is 0 Å². The van der Waals surface area contributed by atoms with Crippen LogP contribution in [0, 0.1) is 0 Å². The molecular formula is C18H34O3Si. The monoisotopic (exact) mass is 326 g/mol. The second-order valence-electron chi connectivity index (χ2n) is 7.59. The number of hydrogen-bond acceptors (Lipinski definition) is 3. The molecule has 3 atom stereocenters. The van der Waals surface area contributed by atoms with Crippen LogP contribution in [0.2, 0.25) is 18.1 Å². The second-order valence-corrected chi connectivity index (χ2v) is 12.3. The minimum Gasteiger partial charge on any atom is -0.411 e. The normalized spacial score (nSPS) is 29.3. The van der Waals surface area contributed by atoms with Crippen molar-refractivity contribution < 1.29 is 14.3 Å². The summed E-state index contributed by atoms with van der Waals surface area (Å²) in [7, 11) is -1.81. The quantitative estimate of drug-likeness (QED) is 0.599. The van der Waals surface area contributed by atoms with Gasteiger partial charge in [0.15, 0.2) is 8.32 Å². The van der Waals surface area contributed by atoms with E-state index in [1.807, 2.05) is 6.08 Å². The highest BCUT2D eigenvalue weighted by atomic mass is 28.4. The van der Waals surface area contributed by atoms with Crippen molar-refractivity contribution in [3.05, 3.63) is 24.3 Å². The Balaban J connectivity index is 2.87. The highest BCUT2D eigenvalue weighted by Gasteiger charge is 2.40. The molecule has 0 saturated heterocycles. The van der Waals surface area contributed by atoms with Crippen molar-refractivity contribution in [1.82, 2.24) is 0 Å². The summed E-state index contributed by atoms with van der Waals surface area (Å²) in [4.78, 5) is 0. The molecule has 0 spiro atoms. The Labute approximate surface area is 137 Å². The highest BCUT2D eigenvalue weighted by molar-refractivity contribution is 6.74. The fraction of sp³-hybridized carbons (Fsp3) is 0.778. The van der Waals surface area contributed by atoms with E-state index < -0.39 is 8.32 Å². The van der Waals surface area contributed by atoms with Gasteiger partial charge in [-0.25, -0.2) is 0 Å². The van der Waals surface area contributed by atoms with E-state index in [0.29, 0.717) is 0 Å². The minimum absolute atomic E-state index is 0.0270. The molecule has 1 N–H and O–H groups in total. The zero-order valence-electron chi connectivity index (χ0n) is 15.1. The molecule has 128 valence electrons. The lowest BCUT2D eigenvalue weighted by molar-refractivity contribution is -0.0576. The molecule has 0 fully saturated rings. The number of ether oxygens (including phenoxy) is 1. The third-order valence-electron chi connectivity index (χ3n) is 4.78. The summed E-state index contributed by atoms with van der Waals surface area (Å²) in [6.07, 6.45) is 11.1. The first-order valence-electron chi connectivity index (χ1n) is 8.47. The van der Waals surface area contributed by atoms with E-state index in [-0.39, 0.29) is 30.0 Å². The zero-order chi connectivity index (χ0) is 16.8. The molecule has 0 saturated carbocycles. The Bertz CT molecular complexity index is 382. The van der Waals surface area contributed by atoms with Crippen LogP contribution in [-0.4, -0.2) is 38.3 Å². The topological polar surface area (TPSA) is 38.7 Å². The minimum atomic E-state index is -1.81.